The van der Waals surface area contributed by atoms with Crippen LogP contribution in [0.2, 0.25) is 0 Å². The van der Waals surface area contributed by atoms with E-state index in [1.54, 1.807) is 29.2 Å². The fourth-order valence-electron chi connectivity index (χ4n) is 3.44. The average Bonchev–Trinajstić information content (AvgIpc) is 3.19. The van der Waals surface area contributed by atoms with Gasteiger partial charge in [-0.05, 0) is 30.7 Å². The summed E-state index contributed by atoms with van der Waals surface area (Å²) in [7, 11) is 0. The topological polar surface area (TPSA) is 53.5 Å². The highest BCUT2D eigenvalue weighted by Gasteiger charge is 2.42. The maximum Gasteiger partial charge on any atom is 0.417 e. The monoisotopic (exact) mass is 361 g/mol. The molecule has 0 N–H and O–H groups in total. The van der Waals surface area contributed by atoms with Gasteiger partial charge in [0.05, 0.1) is 22.7 Å². The van der Waals surface area contributed by atoms with Gasteiger partial charge in [0.1, 0.15) is 5.82 Å². The van der Waals surface area contributed by atoms with Crippen molar-refractivity contribution in [3.05, 3.63) is 59.3 Å². The molecule has 0 radical (unpaired) electrons. The molecular formula is C18H14F3N3O2. The second-order valence-electron chi connectivity index (χ2n) is 6.32. The molecule has 2 amide bonds. The van der Waals surface area contributed by atoms with Crippen molar-refractivity contribution in [2.24, 2.45) is 0 Å². The van der Waals surface area contributed by atoms with Gasteiger partial charge in [0.25, 0.3) is 11.8 Å². The number of fused-ring (bicyclic) bond motifs is 1. The van der Waals surface area contributed by atoms with E-state index in [4.69, 9.17) is 0 Å². The van der Waals surface area contributed by atoms with Crippen molar-refractivity contribution in [2.45, 2.75) is 18.6 Å². The first-order chi connectivity index (χ1) is 12.4. The minimum Gasteiger partial charge on any atom is -0.354 e. The molecule has 2 aliphatic heterocycles. The van der Waals surface area contributed by atoms with E-state index in [0.29, 0.717) is 36.5 Å². The molecule has 8 heteroatoms. The first kappa shape index (κ1) is 16.6. The number of anilines is 1. The highest BCUT2D eigenvalue weighted by atomic mass is 19.4. The molecule has 0 saturated carbocycles. The van der Waals surface area contributed by atoms with E-state index in [2.05, 4.69) is 4.98 Å². The largest absolute Gasteiger partial charge is 0.417 e. The molecule has 1 atom stereocenters. The van der Waals surface area contributed by atoms with E-state index in [9.17, 15) is 22.8 Å². The van der Waals surface area contributed by atoms with Crippen molar-refractivity contribution in [2.75, 3.05) is 18.0 Å². The van der Waals surface area contributed by atoms with E-state index < -0.39 is 11.7 Å². The van der Waals surface area contributed by atoms with Crippen LogP contribution in [0.4, 0.5) is 19.0 Å². The van der Waals surface area contributed by atoms with Crippen molar-refractivity contribution in [3.8, 4) is 0 Å². The summed E-state index contributed by atoms with van der Waals surface area (Å²) in [5.74, 6) is -0.243. The van der Waals surface area contributed by atoms with Gasteiger partial charge in [-0.2, -0.15) is 13.2 Å². The van der Waals surface area contributed by atoms with Crippen LogP contribution < -0.4 is 4.90 Å². The summed E-state index contributed by atoms with van der Waals surface area (Å²) in [6.45, 7) is 0.861. The van der Waals surface area contributed by atoms with Crippen LogP contribution in [0.25, 0.3) is 0 Å². The number of carbonyl (C=O) groups is 2. The van der Waals surface area contributed by atoms with Crippen molar-refractivity contribution in [1.29, 1.82) is 0 Å². The number of carbonyl (C=O) groups excluding carboxylic acids is 2. The van der Waals surface area contributed by atoms with Crippen LogP contribution in [0.3, 0.4) is 0 Å². The summed E-state index contributed by atoms with van der Waals surface area (Å²) in [5, 5.41) is 0. The highest BCUT2D eigenvalue weighted by Crippen LogP contribution is 2.32. The molecule has 2 aliphatic rings. The van der Waals surface area contributed by atoms with Gasteiger partial charge in [0, 0.05) is 19.3 Å². The first-order valence-corrected chi connectivity index (χ1v) is 8.11. The fraction of sp³-hybridized carbons (Fsp3) is 0.278. The van der Waals surface area contributed by atoms with Gasteiger partial charge < -0.3 is 4.90 Å². The van der Waals surface area contributed by atoms with Crippen molar-refractivity contribution >= 4 is 17.6 Å². The summed E-state index contributed by atoms with van der Waals surface area (Å²) in [6.07, 6.45) is -3.09. The van der Waals surface area contributed by atoms with E-state index in [1.807, 2.05) is 0 Å². The molecule has 134 valence electrons. The maximum absolute atomic E-state index is 12.6. The molecule has 0 spiro atoms. The number of imide groups is 1. The molecule has 1 saturated heterocycles. The fourth-order valence-corrected chi connectivity index (χ4v) is 3.44. The molecule has 0 aliphatic carbocycles. The molecule has 4 rings (SSSR count). The standard InChI is InChI=1S/C18H14F3N3O2/c19-18(20,21)11-5-6-15(22-9-11)23-8-7-12(10-23)24-16(25)13-3-1-2-4-14(13)17(24)26/h1-6,9,12H,7-8,10H2/t12-/m0/s1. The number of amides is 2. The average molecular weight is 361 g/mol. The Morgan fingerprint density at radius 1 is 1.00 bits per heavy atom. The van der Waals surface area contributed by atoms with Crippen LogP contribution >= 0.6 is 0 Å². The quantitative estimate of drug-likeness (QED) is 0.772. The van der Waals surface area contributed by atoms with Gasteiger partial charge in [-0.15, -0.1) is 0 Å². The zero-order chi connectivity index (χ0) is 18.5. The minimum absolute atomic E-state index is 0.321. The second kappa shape index (κ2) is 5.82. The van der Waals surface area contributed by atoms with Gasteiger partial charge in [-0.25, -0.2) is 4.98 Å². The summed E-state index contributed by atoms with van der Waals surface area (Å²) in [5.41, 5.74) is -0.0236. The molecule has 2 aromatic rings. The van der Waals surface area contributed by atoms with Crippen molar-refractivity contribution in [1.82, 2.24) is 9.88 Å². The Bertz CT molecular complexity index is 845. The van der Waals surface area contributed by atoms with Crippen molar-refractivity contribution in [3.63, 3.8) is 0 Å². The zero-order valence-corrected chi connectivity index (χ0v) is 13.5. The predicted molar refractivity (Wildman–Crippen MR) is 86.8 cm³/mol. The third-order valence-corrected chi connectivity index (χ3v) is 4.75. The molecule has 3 heterocycles. The lowest BCUT2D eigenvalue weighted by molar-refractivity contribution is -0.137. The number of halogens is 3. The molecule has 26 heavy (non-hydrogen) atoms. The van der Waals surface area contributed by atoms with Crippen LogP contribution in [0, 0.1) is 0 Å². The third kappa shape index (κ3) is 2.61. The van der Waals surface area contributed by atoms with E-state index in [1.165, 1.54) is 11.0 Å². The van der Waals surface area contributed by atoms with Crippen LogP contribution in [-0.2, 0) is 6.18 Å². The third-order valence-electron chi connectivity index (χ3n) is 4.75. The predicted octanol–water partition coefficient (Wildman–Crippen LogP) is 2.98. The van der Waals surface area contributed by atoms with Gasteiger partial charge in [0.2, 0.25) is 0 Å². The zero-order valence-electron chi connectivity index (χ0n) is 13.5. The molecule has 0 bridgehead atoms. The molecule has 1 aromatic carbocycles. The Kier molecular flexibility index (Phi) is 3.71. The highest BCUT2D eigenvalue weighted by molar-refractivity contribution is 6.21. The molecule has 1 aromatic heterocycles. The van der Waals surface area contributed by atoms with E-state index in [-0.39, 0.29) is 17.9 Å². The van der Waals surface area contributed by atoms with Crippen LogP contribution in [0.1, 0.15) is 32.7 Å². The molecule has 1 fully saturated rings. The Morgan fingerprint density at radius 2 is 1.65 bits per heavy atom. The lowest BCUT2D eigenvalue weighted by Crippen LogP contribution is -2.41. The summed E-state index contributed by atoms with van der Waals surface area (Å²) in [4.78, 5) is 32.0. The summed E-state index contributed by atoms with van der Waals surface area (Å²) in [6, 6.07) is 8.64. The van der Waals surface area contributed by atoms with Gasteiger partial charge >= 0.3 is 6.18 Å². The number of hydrogen-bond donors (Lipinski definition) is 0. The number of hydrogen-bond acceptors (Lipinski definition) is 4. The summed E-state index contributed by atoms with van der Waals surface area (Å²) >= 11 is 0. The number of rotatable bonds is 2. The molecular weight excluding hydrogens is 347 g/mol. The maximum atomic E-state index is 12.6. The van der Waals surface area contributed by atoms with Gasteiger partial charge in [-0.3, -0.25) is 14.5 Å². The number of aromatic nitrogens is 1. The van der Waals surface area contributed by atoms with Crippen LogP contribution in [-0.4, -0.2) is 40.8 Å². The normalized spacial score (nSPS) is 20.0. The van der Waals surface area contributed by atoms with E-state index in [0.717, 1.165) is 12.3 Å². The first-order valence-electron chi connectivity index (χ1n) is 8.11. The Hall–Kier alpha value is -2.90. The van der Waals surface area contributed by atoms with Gasteiger partial charge in [-0.1, -0.05) is 12.1 Å². The molecule has 5 nitrogen and oxygen atoms in total. The Balaban J connectivity index is 1.51. The smallest absolute Gasteiger partial charge is 0.354 e. The molecule has 0 unspecified atom stereocenters. The number of alkyl halides is 3. The number of benzene rings is 1. The van der Waals surface area contributed by atoms with Crippen LogP contribution in [0.15, 0.2) is 42.6 Å². The van der Waals surface area contributed by atoms with Crippen LogP contribution in [0.5, 0.6) is 0 Å². The van der Waals surface area contributed by atoms with Gasteiger partial charge in [0.15, 0.2) is 0 Å². The van der Waals surface area contributed by atoms with E-state index >= 15 is 0 Å². The number of nitrogens with zero attached hydrogens (tertiary/aromatic N) is 3. The SMILES string of the molecule is O=C1c2ccccc2C(=O)N1[C@H]1CCN(c2ccc(C(F)(F)F)cn2)C1. The number of pyridine rings is 1. The Labute approximate surface area is 147 Å². The second-order valence-corrected chi connectivity index (χ2v) is 6.32. The lowest BCUT2D eigenvalue weighted by Gasteiger charge is -2.23. The summed E-state index contributed by atoms with van der Waals surface area (Å²) < 4.78 is 37.9. The lowest BCUT2D eigenvalue weighted by atomic mass is 10.1. The van der Waals surface area contributed by atoms with Crippen molar-refractivity contribution < 1.29 is 22.8 Å². The Morgan fingerprint density at radius 3 is 2.19 bits per heavy atom. The minimum atomic E-state index is -4.43.